The number of carbonyl (C=O) groups is 3. The van der Waals surface area contributed by atoms with Crippen LogP contribution in [0.2, 0.25) is 0 Å². The molecule has 7 nitrogen and oxygen atoms in total. The molecule has 0 spiro atoms. The van der Waals surface area contributed by atoms with Crippen LogP contribution < -0.4 is 15.4 Å². The molecule has 1 aliphatic heterocycles. The van der Waals surface area contributed by atoms with E-state index >= 15 is 0 Å². The predicted octanol–water partition coefficient (Wildman–Crippen LogP) is 4.50. The second kappa shape index (κ2) is 10.6. The molecular formula is C27H24FN3O4. The zero-order valence-corrected chi connectivity index (χ0v) is 19.1. The Labute approximate surface area is 202 Å². The first kappa shape index (κ1) is 23.7. The molecule has 1 aliphatic rings. The molecule has 0 atom stereocenters. The summed E-state index contributed by atoms with van der Waals surface area (Å²) in [7, 11) is 0. The summed E-state index contributed by atoms with van der Waals surface area (Å²) in [4.78, 5) is 38.5. The number of amides is 4. The molecule has 1 heterocycles. The molecule has 0 aliphatic carbocycles. The van der Waals surface area contributed by atoms with Gasteiger partial charge in [0, 0.05) is 5.69 Å². The quantitative estimate of drug-likeness (QED) is 0.373. The zero-order valence-electron chi connectivity index (χ0n) is 19.1. The highest BCUT2D eigenvalue weighted by molar-refractivity contribution is 6.16. The first-order valence-electron chi connectivity index (χ1n) is 11.1. The molecule has 1 fully saturated rings. The van der Waals surface area contributed by atoms with Crippen molar-refractivity contribution in [1.82, 2.24) is 10.2 Å². The molecule has 35 heavy (non-hydrogen) atoms. The lowest BCUT2D eigenvalue weighted by atomic mass is 10.1. The standard InChI is InChI=1S/C27H24FN3O4/c1-2-20-7-3-4-9-23(20)29-25(32)16-31-26(33)24(30-27(31)34)15-19-6-5-8-22(14-19)35-17-18-10-12-21(28)13-11-18/h3-15H,2,16-17H2,1H3,(H,29,32)(H,30,34)/b24-15+. The van der Waals surface area contributed by atoms with Crippen molar-refractivity contribution in [1.29, 1.82) is 0 Å². The number of urea groups is 1. The largest absolute Gasteiger partial charge is 0.489 e. The van der Waals surface area contributed by atoms with Crippen molar-refractivity contribution in [2.24, 2.45) is 0 Å². The van der Waals surface area contributed by atoms with E-state index in [1.807, 2.05) is 19.1 Å². The van der Waals surface area contributed by atoms with Gasteiger partial charge in [0.2, 0.25) is 5.91 Å². The second-order valence-corrected chi connectivity index (χ2v) is 7.93. The Morgan fingerprint density at radius 2 is 1.83 bits per heavy atom. The van der Waals surface area contributed by atoms with Crippen LogP contribution in [0.3, 0.4) is 0 Å². The van der Waals surface area contributed by atoms with Gasteiger partial charge in [-0.3, -0.25) is 9.59 Å². The molecule has 4 rings (SSSR count). The van der Waals surface area contributed by atoms with Crippen molar-refractivity contribution >= 4 is 29.6 Å². The van der Waals surface area contributed by atoms with Gasteiger partial charge in [0.1, 0.15) is 30.4 Å². The van der Waals surface area contributed by atoms with Gasteiger partial charge >= 0.3 is 6.03 Å². The number of nitrogens with one attached hydrogen (secondary N) is 2. The van der Waals surface area contributed by atoms with Crippen LogP contribution in [0.1, 0.15) is 23.6 Å². The van der Waals surface area contributed by atoms with E-state index in [2.05, 4.69) is 10.6 Å². The monoisotopic (exact) mass is 473 g/mol. The average molecular weight is 474 g/mol. The van der Waals surface area contributed by atoms with Crippen molar-refractivity contribution in [2.75, 3.05) is 11.9 Å². The summed E-state index contributed by atoms with van der Waals surface area (Å²) in [5, 5.41) is 5.28. The highest BCUT2D eigenvalue weighted by Crippen LogP contribution is 2.20. The molecule has 0 unspecified atom stereocenters. The number of hydrogen-bond acceptors (Lipinski definition) is 4. The van der Waals surface area contributed by atoms with Crippen molar-refractivity contribution in [2.45, 2.75) is 20.0 Å². The molecule has 0 saturated carbocycles. The van der Waals surface area contributed by atoms with E-state index in [0.29, 0.717) is 17.0 Å². The topological polar surface area (TPSA) is 87.7 Å². The fraction of sp³-hybridized carbons (Fsp3) is 0.148. The summed E-state index contributed by atoms with van der Waals surface area (Å²) >= 11 is 0. The molecule has 0 bridgehead atoms. The summed E-state index contributed by atoms with van der Waals surface area (Å²) in [6, 6.07) is 19.7. The maximum absolute atomic E-state index is 13.1. The van der Waals surface area contributed by atoms with Crippen LogP contribution in [0.5, 0.6) is 5.75 Å². The number of carbonyl (C=O) groups excluding carboxylic acids is 3. The van der Waals surface area contributed by atoms with E-state index in [4.69, 9.17) is 4.74 Å². The van der Waals surface area contributed by atoms with E-state index in [-0.39, 0.29) is 18.1 Å². The number of hydrogen-bond donors (Lipinski definition) is 2. The Morgan fingerprint density at radius 1 is 1.06 bits per heavy atom. The smallest absolute Gasteiger partial charge is 0.329 e. The van der Waals surface area contributed by atoms with Gasteiger partial charge in [-0.05, 0) is 59.5 Å². The summed E-state index contributed by atoms with van der Waals surface area (Å²) in [5.41, 5.74) is 3.12. The van der Waals surface area contributed by atoms with E-state index in [1.54, 1.807) is 48.5 Å². The van der Waals surface area contributed by atoms with Gasteiger partial charge < -0.3 is 15.4 Å². The van der Waals surface area contributed by atoms with Crippen LogP contribution in [-0.4, -0.2) is 29.3 Å². The molecular weight excluding hydrogens is 449 g/mol. The number of ether oxygens (including phenoxy) is 1. The minimum absolute atomic E-state index is 0.0624. The first-order valence-corrected chi connectivity index (χ1v) is 11.1. The number of aryl methyl sites for hydroxylation is 1. The van der Waals surface area contributed by atoms with Crippen molar-refractivity contribution in [3.8, 4) is 5.75 Å². The Hall–Kier alpha value is -4.46. The van der Waals surface area contributed by atoms with Gasteiger partial charge in [0.05, 0.1) is 0 Å². The van der Waals surface area contributed by atoms with Gasteiger partial charge in [-0.2, -0.15) is 0 Å². The highest BCUT2D eigenvalue weighted by atomic mass is 19.1. The van der Waals surface area contributed by atoms with Crippen LogP contribution in [0.4, 0.5) is 14.9 Å². The molecule has 178 valence electrons. The van der Waals surface area contributed by atoms with Gasteiger partial charge in [-0.25, -0.2) is 14.1 Å². The Kier molecular flexibility index (Phi) is 7.21. The van der Waals surface area contributed by atoms with Gasteiger partial charge in [-0.1, -0.05) is 49.4 Å². The second-order valence-electron chi connectivity index (χ2n) is 7.93. The molecule has 0 aromatic heterocycles. The van der Waals surface area contributed by atoms with Crippen LogP contribution in [-0.2, 0) is 22.6 Å². The van der Waals surface area contributed by atoms with Gasteiger partial charge in [0.25, 0.3) is 5.91 Å². The third kappa shape index (κ3) is 5.92. The van der Waals surface area contributed by atoms with E-state index in [1.165, 1.54) is 18.2 Å². The van der Waals surface area contributed by atoms with Crippen molar-refractivity contribution in [3.63, 3.8) is 0 Å². The third-order valence-corrected chi connectivity index (χ3v) is 5.42. The number of anilines is 1. The molecule has 4 amide bonds. The number of nitrogens with zero attached hydrogens (tertiary/aromatic N) is 1. The number of para-hydroxylation sites is 1. The maximum atomic E-state index is 13.1. The molecule has 0 radical (unpaired) electrons. The van der Waals surface area contributed by atoms with Crippen molar-refractivity contribution in [3.05, 3.63) is 101 Å². The molecule has 3 aromatic rings. The maximum Gasteiger partial charge on any atom is 0.329 e. The van der Waals surface area contributed by atoms with Crippen LogP contribution in [0.25, 0.3) is 6.08 Å². The van der Waals surface area contributed by atoms with Gasteiger partial charge in [0.15, 0.2) is 0 Å². The van der Waals surface area contributed by atoms with Crippen molar-refractivity contribution < 1.29 is 23.5 Å². The summed E-state index contributed by atoms with van der Waals surface area (Å²) < 4.78 is 18.8. The summed E-state index contributed by atoms with van der Waals surface area (Å²) in [6.45, 7) is 1.82. The SMILES string of the molecule is CCc1ccccc1NC(=O)CN1C(=O)N/C(=C/c2cccc(OCc3ccc(F)cc3)c2)C1=O. The fourth-order valence-corrected chi connectivity index (χ4v) is 3.61. The molecule has 1 saturated heterocycles. The molecule has 8 heteroatoms. The summed E-state index contributed by atoms with van der Waals surface area (Å²) in [6.07, 6.45) is 2.26. The predicted molar refractivity (Wildman–Crippen MR) is 130 cm³/mol. The van der Waals surface area contributed by atoms with E-state index < -0.39 is 24.4 Å². The average Bonchev–Trinajstić information content (AvgIpc) is 3.11. The Balaban J connectivity index is 1.40. The molecule has 3 aromatic carbocycles. The number of halogens is 1. The third-order valence-electron chi connectivity index (χ3n) is 5.42. The van der Waals surface area contributed by atoms with Crippen LogP contribution >= 0.6 is 0 Å². The number of benzene rings is 3. The Morgan fingerprint density at radius 3 is 2.60 bits per heavy atom. The number of rotatable bonds is 8. The lowest BCUT2D eigenvalue weighted by Crippen LogP contribution is -2.38. The van der Waals surface area contributed by atoms with E-state index in [9.17, 15) is 18.8 Å². The first-order chi connectivity index (χ1) is 16.9. The van der Waals surface area contributed by atoms with Gasteiger partial charge in [-0.15, -0.1) is 0 Å². The minimum atomic E-state index is -0.663. The fourth-order valence-electron chi connectivity index (χ4n) is 3.61. The Bertz CT molecular complexity index is 1290. The minimum Gasteiger partial charge on any atom is -0.489 e. The highest BCUT2D eigenvalue weighted by Gasteiger charge is 2.35. The summed E-state index contributed by atoms with van der Waals surface area (Å²) in [5.74, 6) is -0.826. The van der Waals surface area contributed by atoms with Crippen LogP contribution in [0.15, 0.2) is 78.5 Å². The number of imide groups is 1. The van der Waals surface area contributed by atoms with E-state index in [0.717, 1.165) is 22.4 Å². The van der Waals surface area contributed by atoms with Crippen LogP contribution in [0, 0.1) is 5.82 Å². The molecule has 2 N–H and O–H groups in total. The zero-order chi connectivity index (χ0) is 24.8. The lowest BCUT2D eigenvalue weighted by molar-refractivity contribution is -0.127. The normalized spacial score (nSPS) is 14.2. The lowest BCUT2D eigenvalue weighted by Gasteiger charge is -2.13.